The number of rotatable bonds is 3. The minimum Gasteiger partial charge on any atom is -0.399 e. The largest absolute Gasteiger partial charge is 0.399 e. The Morgan fingerprint density at radius 2 is 1.94 bits per heavy atom. The van der Waals surface area contributed by atoms with Gasteiger partial charge in [-0.3, -0.25) is 4.21 Å². The average Bonchev–Trinajstić information content (AvgIpc) is 2.31. The summed E-state index contributed by atoms with van der Waals surface area (Å²) in [7, 11) is -1.32. The monoisotopic (exact) mass is 327 g/mol. The molecule has 0 saturated heterocycles. The van der Waals surface area contributed by atoms with Crippen LogP contribution in [0.5, 0.6) is 0 Å². The van der Waals surface area contributed by atoms with Gasteiger partial charge in [-0.1, -0.05) is 34.1 Å². The first-order chi connectivity index (χ1) is 8.56. The molecule has 0 bridgehead atoms. The summed E-state index contributed by atoms with van der Waals surface area (Å²) in [6, 6.07) is 11.5. The lowest BCUT2D eigenvalue weighted by Gasteiger charge is -2.06. The quantitative estimate of drug-likeness (QED) is 0.877. The van der Waals surface area contributed by atoms with Crippen LogP contribution in [-0.2, 0) is 16.6 Å². The number of benzene rings is 2. The summed E-state index contributed by atoms with van der Waals surface area (Å²) in [5.74, 6) is -0.143. The van der Waals surface area contributed by atoms with Gasteiger partial charge in [-0.25, -0.2) is 4.39 Å². The highest BCUT2D eigenvalue weighted by Crippen LogP contribution is 2.21. The van der Waals surface area contributed by atoms with E-state index in [0.29, 0.717) is 10.6 Å². The molecule has 0 fully saturated rings. The van der Waals surface area contributed by atoms with E-state index in [1.54, 1.807) is 0 Å². The van der Waals surface area contributed by atoms with E-state index < -0.39 is 16.6 Å². The van der Waals surface area contributed by atoms with Crippen LogP contribution < -0.4 is 5.73 Å². The highest BCUT2D eigenvalue weighted by molar-refractivity contribution is 9.10. The maximum atomic E-state index is 13.2. The first-order valence-corrected chi connectivity index (χ1v) is 7.35. The second kappa shape index (κ2) is 5.63. The van der Waals surface area contributed by atoms with E-state index in [0.717, 1.165) is 10.0 Å². The predicted molar refractivity (Wildman–Crippen MR) is 75.1 cm³/mol. The van der Waals surface area contributed by atoms with E-state index in [1.807, 2.05) is 24.3 Å². The van der Waals surface area contributed by atoms with Crippen molar-refractivity contribution in [3.8, 4) is 0 Å². The van der Waals surface area contributed by atoms with Crippen LogP contribution in [0.15, 0.2) is 51.8 Å². The Bertz CT molecular complexity index is 583. The lowest BCUT2D eigenvalue weighted by Crippen LogP contribution is -1.99. The molecule has 0 saturated carbocycles. The minimum atomic E-state index is -1.32. The Morgan fingerprint density at radius 1 is 1.22 bits per heavy atom. The number of nitrogen functional groups attached to an aromatic ring is 1. The molecule has 2 N–H and O–H groups in total. The van der Waals surface area contributed by atoms with E-state index in [9.17, 15) is 8.60 Å². The van der Waals surface area contributed by atoms with Crippen molar-refractivity contribution in [3.05, 3.63) is 58.3 Å². The lowest BCUT2D eigenvalue weighted by molar-refractivity contribution is 0.623. The third-order valence-corrected chi connectivity index (χ3v) is 4.51. The Kier molecular flexibility index (Phi) is 4.14. The molecule has 0 amide bonds. The zero-order valence-electron chi connectivity index (χ0n) is 9.40. The van der Waals surface area contributed by atoms with Crippen LogP contribution in [-0.4, -0.2) is 4.21 Å². The van der Waals surface area contributed by atoms with Crippen molar-refractivity contribution in [1.82, 2.24) is 0 Å². The second-order valence-electron chi connectivity index (χ2n) is 3.80. The fourth-order valence-corrected chi connectivity index (χ4v) is 3.38. The van der Waals surface area contributed by atoms with E-state index in [1.165, 1.54) is 18.2 Å². The Labute approximate surface area is 116 Å². The lowest BCUT2D eigenvalue weighted by atomic mass is 10.2. The summed E-state index contributed by atoms with van der Waals surface area (Å²) < 4.78 is 26.2. The van der Waals surface area contributed by atoms with Gasteiger partial charge >= 0.3 is 0 Å². The van der Waals surface area contributed by atoms with Crippen LogP contribution in [0, 0.1) is 5.82 Å². The second-order valence-corrected chi connectivity index (χ2v) is 6.11. The Hall–Kier alpha value is -1.20. The molecule has 0 heterocycles. The van der Waals surface area contributed by atoms with Crippen LogP contribution >= 0.6 is 15.9 Å². The first-order valence-electron chi connectivity index (χ1n) is 5.24. The summed E-state index contributed by atoms with van der Waals surface area (Å²) >= 11 is 3.39. The van der Waals surface area contributed by atoms with Crippen molar-refractivity contribution in [2.45, 2.75) is 10.6 Å². The molecule has 0 aliphatic heterocycles. The highest BCUT2D eigenvalue weighted by atomic mass is 79.9. The molecule has 1 atom stereocenters. The molecule has 5 heteroatoms. The van der Waals surface area contributed by atoms with Crippen molar-refractivity contribution >= 4 is 32.4 Å². The zero-order valence-corrected chi connectivity index (χ0v) is 11.8. The molecule has 18 heavy (non-hydrogen) atoms. The van der Waals surface area contributed by atoms with Gasteiger partial charge in [-0.05, 0) is 29.8 Å². The minimum absolute atomic E-state index is 0.283. The maximum Gasteiger partial charge on any atom is 0.126 e. The summed E-state index contributed by atoms with van der Waals surface area (Å²) in [6.07, 6.45) is 0. The molecule has 2 aromatic carbocycles. The molecular weight excluding hydrogens is 317 g/mol. The Morgan fingerprint density at radius 3 is 2.61 bits per heavy atom. The topological polar surface area (TPSA) is 43.1 Å². The summed E-state index contributed by atoms with van der Waals surface area (Å²) in [5.41, 5.74) is 6.74. The SMILES string of the molecule is Nc1cc(F)cc(S(=O)Cc2ccccc2Br)c1. The molecule has 0 aromatic heterocycles. The van der Waals surface area contributed by atoms with E-state index in [-0.39, 0.29) is 5.69 Å². The molecule has 1 unspecified atom stereocenters. The number of halogens is 2. The number of hydrogen-bond acceptors (Lipinski definition) is 2. The standard InChI is InChI=1S/C13H11BrFNOS/c14-13-4-2-1-3-9(13)8-18(17)12-6-10(15)5-11(16)7-12/h1-7H,8,16H2. The van der Waals surface area contributed by atoms with E-state index in [4.69, 9.17) is 5.73 Å². The molecule has 2 nitrogen and oxygen atoms in total. The van der Waals surface area contributed by atoms with Gasteiger partial charge in [0.2, 0.25) is 0 Å². The van der Waals surface area contributed by atoms with Crippen molar-refractivity contribution in [2.75, 3.05) is 5.73 Å². The predicted octanol–water partition coefficient (Wildman–Crippen LogP) is 3.48. The molecular formula is C13H11BrFNOS. The van der Waals surface area contributed by atoms with Crippen molar-refractivity contribution in [3.63, 3.8) is 0 Å². The van der Waals surface area contributed by atoms with Crippen LogP contribution in [0.25, 0.3) is 0 Å². The molecule has 0 spiro atoms. The molecule has 0 radical (unpaired) electrons. The van der Waals surface area contributed by atoms with Crippen molar-refractivity contribution in [1.29, 1.82) is 0 Å². The maximum absolute atomic E-state index is 13.2. The van der Waals surface area contributed by atoms with Crippen LogP contribution in [0.3, 0.4) is 0 Å². The Balaban J connectivity index is 2.25. The molecule has 0 aliphatic rings. The van der Waals surface area contributed by atoms with Gasteiger partial charge in [0.1, 0.15) is 5.82 Å². The summed E-state index contributed by atoms with van der Waals surface area (Å²) in [6.45, 7) is 0. The smallest absolute Gasteiger partial charge is 0.126 e. The van der Waals surface area contributed by atoms with Crippen LogP contribution in [0.2, 0.25) is 0 Å². The molecule has 0 aliphatic carbocycles. The molecule has 94 valence electrons. The number of anilines is 1. The normalized spacial score (nSPS) is 12.3. The molecule has 2 aromatic rings. The fourth-order valence-electron chi connectivity index (χ4n) is 1.56. The number of nitrogens with two attached hydrogens (primary N) is 1. The van der Waals surface area contributed by atoms with E-state index >= 15 is 0 Å². The van der Waals surface area contributed by atoms with E-state index in [2.05, 4.69) is 15.9 Å². The van der Waals surface area contributed by atoms with Crippen LogP contribution in [0.1, 0.15) is 5.56 Å². The first kappa shape index (κ1) is 13.2. The third kappa shape index (κ3) is 3.17. The molecule has 2 rings (SSSR count). The van der Waals surface area contributed by atoms with Gasteiger partial charge in [0, 0.05) is 15.1 Å². The summed E-state index contributed by atoms with van der Waals surface area (Å²) in [5, 5.41) is 0. The summed E-state index contributed by atoms with van der Waals surface area (Å²) in [4.78, 5) is 0.406. The van der Waals surface area contributed by atoms with Gasteiger partial charge in [-0.15, -0.1) is 0 Å². The van der Waals surface area contributed by atoms with Gasteiger partial charge in [0.05, 0.1) is 16.6 Å². The fraction of sp³-hybridized carbons (Fsp3) is 0.0769. The third-order valence-electron chi connectivity index (χ3n) is 2.40. The van der Waals surface area contributed by atoms with Crippen molar-refractivity contribution < 1.29 is 8.60 Å². The van der Waals surface area contributed by atoms with Crippen molar-refractivity contribution in [2.24, 2.45) is 0 Å². The van der Waals surface area contributed by atoms with Crippen LogP contribution in [0.4, 0.5) is 10.1 Å². The van der Waals surface area contributed by atoms with Gasteiger partial charge < -0.3 is 5.73 Å². The van der Waals surface area contributed by atoms with Gasteiger partial charge in [-0.2, -0.15) is 0 Å². The average molecular weight is 328 g/mol. The van der Waals surface area contributed by atoms with Gasteiger partial charge in [0.15, 0.2) is 0 Å². The zero-order chi connectivity index (χ0) is 13.1. The number of hydrogen-bond donors (Lipinski definition) is 1. The van der Waals surface area contributed by atoms with Gasteiger partial charge in [0.25, 0.3) is 0 Å². The highest BCUT2D eigenvalue weighted by Gasteiger charge is 2.09.